The van der Waals surface area contributed by atoms with Crippen molar-refractivity contribution < 1.29 is 4.74 Å². The second-order valence-electron chi connectivity index (χ2n) is 2.78. The van der Waals surface area contributed by atoms with Crippen molar-refractivity contribution in [2.75, 3.05) is 7.11 Å². The maximum Gasteiger partial charge on any atom is 0.0586 e. The maximum atomic E-state index is 5.72. The zero-order valence-corrected chi connectivity index (χ0v) is 7.19. The van der Waals surface area contributed by atoms with Crippen molar-refractivity contribution in [2.45, 2.75) is 37.8 Å². The van der Waals surface area contributed by atoms with Crippen molar-refractivity contribution in [2.24, 2.45) is 5.73 Å². The molecule has 0 aromatic rings. The quantitative estimate of drug-likeness (QED) is 0.636. The number of hydrogen-bond donors (Lipinski definition) is 1. The normalized spacial score (nSPS) is 33.0. The van der Waals surface area contributed by atoms with Gasteiger partial charge < -0.3 is 10.5 Å². The summed E-state index contributed by atoms with van der Waals surface area (Å²) in [5, 5.41) is 0. The first-order chi connectivity index (χ1) is 4.33. The highest BCUT2D eigenvalue weighted by Crippen LogP contribution is 2.18. The average Bonchev–Trinajstić information content (AvgIpc) is 1.88. The van der Waals surface area contributed by atoms with Gasteiger partial charge >= 0.3 is 0 Å². The number of nitrogens with two attached hydrogens (primary N) is 1. The molecule has 0 aliphatic heterocycles. The second kappa shape index (κ2) is 4.94. The molecular formula is C7H16ClNO. The first-order valence-corrected chi connectivity index (χ1v) is 3.61. The lowest BCUT2D eigenvalue weighted by molar-refractivity contribution is 0.0645. The fourth-order valence-corrected chi connectivity index (χ4v) is 1.40. The van der Waals surface area contributed by atoms with Crippen LogP contribution in [0.25, 0.3) is 0 Å². The van der Waals surface area contributed by atoms with E-state index in [1.807, 2.05) is 0 Å². The summed E-state index contributed by atoms with van der Waals surface area (Å²) in [5.74, 6) is 0. The Hall–Kier alpha value is 0.210. The van der Waals surface area contributed by atoms with Gasteiger partial charge in [-0.15, -0.1) is 12.4 Å². The molecule has 0 bridgehead atoms. The molecule has 10 heavy (non-hydrogen) atoms. The van der Waals surface area contributed by atoms with E-state index in [0.717, 1.165) is 6.42 Å². The zero-order chi connectivity index (χ0) is 6.69. The highest BCUT2D eigenvalue weighted by Gasteiger charge is 2.17. The zero-order valence-electron chi connectivity index (χ0n) is 6.38. The average molecular weight is 166 g/mol. The summed E-state index contributed by atoms with van der Waals surface area (Å²) in [4.78, 5) is 0. The van der Waals surface area contributed by atoms with E-state index < -0.39 is 0 Å². The summed E-state index contributed by atoms with van der Waals surface area (Å²) < 4.78 is 5.18. The van der Waals surface area contributed by atoms with Crippen LogP contribution in [0.4, 0.5) is 0 Å². The van der Waals surface area contributed by atoms with Gasteiger partial charge in [-0.05, 0) is 25.7 Å². The summed E-state index contributed by atoms with van der Waals surface area (Å²) >= 11 is 0. The SMILES string of the molecule is CO[C@@H]1CCC[C@H](N)C1.Cl. The predicted molar refractivity (Wildman–Crippen MR) is 44.5 cm³/mol. The van der Waals surface area contributed by atoms with Crippen LogP contribution < -0.4 is 5.73 Å². The van der Waals surface area contributed by atoms with E-state index in [9.17, 15) is 0 Å². The molecule has 1 fully saturated rings. The molecule has 0 amide bonds. The molecule has 0 aromatic carbocycles. The van der Waals surface area contributed by atoms with E-state index in [0.29, 0.717) is 12.1 Å². The smallest absolute Gasteiger partial charge is 0.0586 e. The second-order valence-corrected chi connectivity index (χ2v) is 2.78. The molecule has 1 aliphatic carbocycles. The number of methoxy groups -OCH3 is 1. The molecule has 0 heterocycles. The van der Waals surface area contributed by atoms with Crippen LogP contribution in [0, 0.1) is 0 Å². The largest absolute Gasteiger partial charge is 0.381 e. The van der Waals surface area contributed by atoms with Crippen LogP contribution in [0.5, 0.6) is 0 Å². The first-order valence-electron chi connectivity index (χ1n) is 3.61. The number of rotatable bonds is 1. The first kappa shape index (κ1) is 10.2. The lowest BCUT2D eigenvalue weighted by atomic mass is 9.94. The van der Waals surface area contributed by atoms with Crippen LogP contribution in [-0.4, -0.2) is 19.3 Å². The van der Waals surface area contributed by atoms with Gasteiger partial charge in [0.15, 0.2) is 0 Å². The van der Waals surface area contributed by atoms with Crippen molar-refractivity contribution in [3.05, 3.63) is 0 Å². The molecular weight excluding hydrogens is 150 g/mol. The topological polar surface area (TPSA) is 35.2 Å². The Morgan fingerprint density at radius 3 is 2.50 bits per heavy atom. The monoisotopic (exact) mass is 165 g/mol. The Balaban J connectivity index is 0.000000810. The van der Waals surface area contributed by atoms with Crippen molar-refractivity contribution in [1.29, 1.82) is 0 Å². The van der Waals surface area contributed by atoms with Crippen LogP contribution in [-0.2, 0) is 4.74 Å². The molecule has 3 heteroatoms. The van der Waals surface area contributed by atoms with E-state index in [-0.39, 0.29) is 12.4 Å². The maximum absolute atomic E-state index is 5.72. The molecule has 0 radical (unpaired) electrons. The number of ether oxygens (including phenoxy) is 1. The summed E-state index contributed by atoms with van der Waals surface area (Å²) in [7, 11) is 1.77. The summed E-state index contributed by atoms with van der Waals surface area (Å²) in [6.07, 6.45) is 5.11. The Kier molecular flexibility index (Phi) is 5.04. The van der Waals surface area contributed by atoms with Crippen LogP contribution >= 0.6 is 12.4 Å². The van der Waals surface area contributed by atoms with Crippen LogP contribution in [0.15, 0.2) is 0 Å². The van der Waals surface area contributed by atoms with Gasteiger partial charge in [0.1, 0.15) is 0 Å². The van der Waals surface area contributed by atoms with Gasteiger partial charge in [-0.25, -0.2) is 0 Å². The molecule has 62 valence electrons. The molecule has 1 rings (SSSR count). The van der Waals surface area contributed by atoms with Crippen LogP contribution in [0.2, 0.25) is 0 Å². The fourth-order valence-electron chi connectivity index (χ4n) is 1.40. The van der Waals surface area contributed by atoms with Crippen molar-refractivity contribution in [3.63, 3.8) is 0 Å². The Morgan fingerprint density at radius 1 is 1.40 bits per heavy atom. The van der Waals surface area contributed by atoms with E-state index >= 15 is 0 Å². The molecule has 0 spiro atoms. The van der Waals surface area contributed by atoms with E-state index in [1.165, 1.54) is 19.3 Å². The van der Waals surface area contributed by atoms with E-state index in [1.54, 1.807) is 7.11 Å². The summed E-state index contributed by atoms with van der Waals surface area (Å²) in [6, 6.07) is 0.392. The third-order valence-electron chi connectivity index (χ3n) is 2.00. The third-order valence-corrected chi connectivity index (χ3v) is 2.00. The van der Waals surface area contributed by atoms with Crippen molar-refractivity contribution in [1.82, 2.24) is 0 Å². The molecule has 2 atom stereocenters. The highest BCUT2D eigenvalue weighted by molar-refractivity contribution is 5.85. The molecule has 2 nitrogen and oxygen atoms in total. The molecule has 0 saturated heterocycles. The van der Waals surface area contributed by atoms with Crippen LogP contribution in [0.1, 0.15) is 25.7 Å². The molecule has 0 unspecified atom stereocenters. The Bertz CT molecular complexity index is 89.7. The fraction of sp³-hybridized carbons (Fsp3) is 1.00. The molecule has 0 aromatic heterocycles. The van der Waals surface area contributed by atoms with Crippen molar-refractivity contribution in [3.8, 4) is 0 Å². The van der Waals surface area contributed by atoms with Crippen molar-refractivity contribution >= 4 is 12.4 Å². The molecule has 2 N–H and O–H groups in total. The minimum atomic E-state index is 0. The Labute approximate surface area is 68.5 Å². The number of hydrogen-bond acceptors (Lipinski definition) is 2. The lowest BCUT2D eigenvalue weighted by Crippen LogP contribution is -2.31. The van der Waals surface area contributed by atoms with E-state index in [2.05, 4.69) is 0 Å². The lowest BCUT2D eigenvalue weighted by Gasteiger charge is -2.24. The van der Waals surface area contributed by atoms with Gasteiger partial charge in [-0.2, -0.15) is 0 Å². The molecule has 1 aliphatic rings. The van der Waals surface area contributed by atoms with Gasteiger partial charge in [0.25, 0.3) is 0 Å². The minimum Gasteiger partial charge on any atom is -0.381 e. The van der Waals surface area contributed by atoms with Crippen LogP contribution in [0.3, 0.4) is 0 Å². The highest BCUT2D eigenvalue weighted by atomic mass is 35.5. The third kappa shape index (κ3) is 2.86. The number of halogens is 1. The van der Waals surface area contributed by atoms with Gasteiger partial charge in [0.05, 0.1) is 6.10 Å². The van der Waals surface area contributed by atoms with E-state index in [4.69, 9.17) is 10.5 Å². The van der Waals surface area contributed by atoms with Gasteiger partial charge in [-0.1, -0.05) is 0 Å². The summed E-state index contributed by atoms with van der Waals surface area (Å²) in [6.45, 7) is 0. The minimum absolute atomic E-state index is 0. The van der Waals surface area contributed by atoms with Gasteiger partial charge in [0.2, 0.25) is 0 Å². The van der Waals surface area contributed by atoms with Gasteiger partial charge in [-0.3, -0.25) is 0 Å². The van der Waals surface area contributed by atoms with Gasteiger partial charge in [0, 0.05) is 13.2 Å². The summed E-state index contributed by atoms with van der Waals surface area (Å²) in [5.41, 5.74) is 5.72. The Morgan fingerprint density at radius 2 is 2.10 bits per heavy atom. The standard InChI is InChI=1S/C7H15NO.ClH/c1-9-7-4-2-3-6(8)5-7;/h6-7H,2-5,8H2,1H3;1H/t6-,7+;/m0./s1. The predicted octanol–water partition coefficient (Wildman–Crippen LogP) is 1.32. The molecule has 1 saturated carbocycles.